The molecule has 0 unspecified atom stereocenters. The molecule has 8 atom stereocenters. The number of aliphatic hydroxyl groups excluding tert-OH is 5. The van der Waals surface area contributed by atoms with Crippen molar-refractivity contribution in [2.45, 2.75) is 83.1 Å². The van der Waals surface area contributed by atoms with E-state index in [2.05, 4.69) is 0 Å². The Morgan fingerprint density at radius 2 is 1.61 bits per heavy atom. The number of halogens is 1. The third-order valence-electron chi connectivity index (χ3n) is 6.61. The van der Waals surface area contributed by atoms with Crippen molar-refractivity contribution in [3.05, 3.63) is 83.5 Å². The standard InChI is InChI=1S/C31H43ClO9/c1-4-5-6-13-23(33)19-26(35)30(38)29(37)21(3)24(32)14-9-7-11-20(2)12-8-10-15-28(36)41-27-18-22(31(39)40)16-17-25(27)34/h4-15,21-23,25-27,29-30,33-35,37-38H,16-19H2,1-3H3,(H,39,40)/b5-4+,9-7+,12-8+,13-6+,15-10+,20-11+,24-14-/t21-,22+,23+,25+,26-,27-,29-,30-/m1/s1. The zero-order valence-corrected chi connectivity index (χ0v) is 24.4. The molecule has 6 N–H and O–H groups in total. The lowest BCUT2D eigenvalue weighted by Gasteiger charge is -2.30. The van der Waals surface area contributed by atoms with Gasteiger partial charge in [-0.3, -0.25) is 4.79 Å². The zero-order valence-electron chi connectivity index (χ0n) is 23.7. The zero-order chi connectivity index (χ0) is 30.9. The van der Waals surface area contributed by atoms with E-state index >= 15 is 0 Å². The maximum absolute atomic E-state index is 12.0. The molecule has 0 amide bonds. The number of carboxylic acid groups (broad SMARTS) is 1. The Hall–Kier alpha value is -2.79. The van der Waals surface area contributed by atoms with E-state index in [0.29, 0.717) is 6.42 Å². The van der Waals surface area contributed by atoms with Gasteiger partial charge in [-0.05, 0) is 32.8 Å². The number of carboxylic acids is 1. The first-order valence-corrected chi connectivity index (χ1v) is 13.9. The first kappa shape index (κ1) is 36.2. The van der Waals surface area contributed by atoms with E-state index in [1.165, 1.54) is 18.2 Å². The van der Waals surface area contributed by atoms with Crippen LogP contribution >= 0.6 is 11.6 Å². The van der Waals surface area contributed by atoms with Crippen LogP contribution in [0.15, 0.2) is 83.5 Å². The van der Waals surface area contributed by atoms with Crippen LogP contribution in [0.1, 0.15) is 46.5 Å². The summed E-state index contributed by atoms with van der Waals surface area (Å²) in [6, 6.07) is 0. The highest BCUT2D eigenvalue weighted by molar-refractivity contribution is 6.30. The van der Waals surface area contributed by atoms with Gasteiger partial charge in [-0.25, -0.2) is 4.79 Å². The molecule has 228 valence electrons. The molecule has 0 saturated heterocycles. The number of carbonyl (C=O) groups excluding carboxylic acids is 1. The van der Waals surface area contributed by atoms with Gasteiger partial charge in [0, 0.05) is 29.9 Å². The summed E-state index contributed by atoms with van der Waals surface area (Å²) in [5.41, 5.74) is 0.837. The van der Waals surface area contributed by atoms with Crippen LogP contribution in [-0.4, -0.2) is 79.2 Å². The normalized spacial score (nSPS) is 24.9. The minimum Gasteiger partial charge on any atom is -0.481 e. The fourth-order valence-corrected chi connectivity index (χ4v) is 4.21. The molecule has 1 saturated carbocycles. The van der Waals surface area contributed by atoms with E-state index < -0.39 is 60.4 Å². The van der Waals surface area contributed by atoms with Gasteiger partial charge in [-0.1, -0.05) is 84.9 Å². The van der Waals surface area contributed by atoms with E-state index in [1.807, 2.05) is 13.8 Å². The first-order chi connectivity index (χ1) is 19.4. The Morgan fingerprint density at radius 1 is 0.951 bits per heavy atom. The second-order valence-corrected chi connectivity index (χ2v) is 10.4. The Kier molecular flexibility index (Phi) is 17.1. The predicted octanol–water partition coefficient (Wildman–Crippen LogP) is 3.48. The van der Waals surface area contributed by atoms with Crippen molar-refractivity contribution in [1.29, 1.82) is 0 Å². The second-order valence-electron chi connectivity index (χ2n) is 10.0. The van der Waals surface area contributed by atoms with Gasteiger partial charge >= 0.3 is 11.9 Å². The fraction of sp³-hybridized carbons (Fsp3) is 0.484. The molecule has 0 aliphatic heterocycles. The van der Waals surface area contributed by atoms with Gasteiger partial charge in [0.05, 0.1) is 30.3 Å². The highest BCUT2D eigenvalue weighted by Gasteiger charge is 2.35. The molecule has 1 aliphatic carbocycles. The minimum atomic E-state index is -1.51. The third-order valence-corrected chi connectivity index (χ3v) is 7.08. The molecular weight excluding hydrogens is 552 g/mol. The Bertz CT molecular complexity index is 1040. The summed E-state index contributed by atoms with van der Waals surface area (Å²) in [6.45, 7) is 5.26. The van der Waals surface area contributed by atoms with Crippen LogP contribution in [0, 0.1) is 11.8 Å². The number of carbonyl (C=O) groups is 2. The smallest absolute Gasteiger partial charge is 0.331 e. The monoisotopic (exact) mass is 594 g/mol. The molecule has 41 heavy (non-hydrogen) atoms. The molecule has 1 aliphatic rings. The van der Waals surface area contributed by atoms with Crippen LogP contribution < -0.4 is 0 Å². The maximum Gasteiger partial charge on any atom is 0.331 e. The Morgan fingerprint density at radius 3 is 2.27 bits per heavy atom. The lowest BCUT2D eigenvalue weighted by atomic mass is 9.85. The average molecular weight is 595 g/mol. The molecular formula is C31H43ClO9. The molecule has 10 heteroatoms. The summed E-state index contributed by atoms with van der Waals surface area (Å²) in [4.78, 5) is 23.2. The van der Waals surface area contributed by atoms with Gasteiger partial charge in [-0.2, -0.15) is 0 Å². The molecule has 0 aromatic rings. The van der Waals surface area contributed by atoms with Crippen LogP contribution in [0.25, 0.3) is 0 Å². The highest BCUT2D eigenvalue weighted by Crippen LogP contribution is 2.27. The van der Waals surface area contributed by atoms with Crippen LogP contribution in [0.3, 0.4) is 0 Å². The van der Waals surface area contributed by atoms with Crippen molar-refractivity contribution in [2.24, 2.45) is 11.8 Å². The van der Waals surface area contributed by atoms with Crippen molar-refractivity contribution >= 4 is 23.5 Å². The highest BCUT2D eigenvalue weighted by atomic mass is 35.5. The molecule has 0 aromatic carbocycles. The van der Waals surface area contributed by atoms with Crippen molar-refractivity contribution < 1.29 is 45.0 Å². The number of aliphatic hydroxyl groups is 5. The summed E-state index contributed by atoms with van der Waals surface area (Å²) < 4.78 is 5.21. The van der Waals surface area contributed by atoms with Gasteiger partial charge in [0.25, 0.3) is 0 Å². The fourth-order valence-electron chi connectivity index (χ4n) is 4.01. The molecule has 1 rings (SSSR count). The van der Waals surface area contributed by atoms with Gasteiger partial charge in [0.15, 0.2) is 0 Å². The van der Waals surface area contributed by atoms with Crippen LogP contribution in [0.2, 0.25) is 0 Å². The topological polar surface area (TPSA) is 165 Å². The van der Waals surface area contributed by atoms with Crippen molar-refractivity contribution in [3.8, 4) is 0 Å². The molecule has 1 fully saturated rings. The van der Waals surface area contributed by atoms with Crippen LogP contribution in [0.5, 0.6) is 0 Å². The van der Waals surface area contributed by atoms with Crippen molar-refractivity contribution in [1.82, 2.24) is 0 Å². The Balaban J connectivity index is 2.57. The first-order valence-electron chi connectivity index (χ1n) is 13.6. The molecule has 0 aromatic heterocycles. The quantitative estimate of drug-likeness (QED) is 0.0945. The van der Waals surface area contributed by atoms with E-state index in [1.54, 1.807) is 61.6 Å². The third kappa shape index (κ3) is 14.1. The van der Waals surface area contributed by atoms with Crippen molar-refractivity contribution in [2.75, 3.05) is 0 Å². The summed E-state index contributed by atoms with van der Waals surface area (Å²) >= 11 is 6.27. The Labute approximate surface area is 246 Å². The van der Waals surface area contributed by atoms with Crippen LogP contribution in [0.4, 0.5) is 0 Å². The van der Waals surface area contributed by atoms with E-state index in [4.69, 9.17) is 21.4 Å². The maximum atomic E-state index is 12.0. The van der Waals surface area contributed by atoms with Crippen molar-refractivity contribution in [3.63, 3.8) is 0 Å². The van der Waals surface area contributed by atoms with Gasteiger partial charge in [0.2, 0.25) is 0 Å². The predicted molar refractivity (Wildman–Crippen MR) is 158 cm³/mol. The van der Waals surface area contributed by atoms with E-state index in [0.717, 1.165) is 5.57 Å². The number of aliphatic carboxylic acids is 1. The molecule has 0 radical (unpaired) electrons. The summed E-state index contributed by atoms with van der Waals surface area (Å²) in [6.07, 6.45) is 12.9. The molecule has 0 spiro atoms. The lowest BCUT2D eigenvalue weighted by Crippen LogP contribution is -2.42. The van der Waals surface area contributed by atoms with Gasteiger partial charge in [0.1, 0.15) is 12.2 Å². The SMILES string of the molecule is C/C=C/C=C/[C@H](O)C[C@@H](O)[C@@H](O)[C@H](O)[C@H](C)/C(Cl)=C/C=C/C=C(C)/C=C/C=C/C(=O)O[C@@H]1C[C@@H](C(=O)O)CC[C@@H]1O. The van der Waals surface area contributed by atoms with Gasteiger partial charge < -0.3 is 35.4 Å². The molecule has 9 nitrogen and oxygen atoms in total. The number of ether oxygens (including phenoxy) is 1. The van der Waals surface area contributed by atoms with Crippen LogP contribution in [-0.2, 0) is 14.3 Å². The van der Waals surface area contributed by atoms with E-state index in [-0.39, 0.29) is 24.3 Å². The summed E-state index contributed by atoms with van der Waals surface area (Å²) in [5.74, 6) is -2.95. The number of allylic oxidation sites excluding steroid dienone is 11. The largest absolute Gasteiger partial charge is 0.481 e. The number of hydrogen-bond donors (Lipinski definition) is 6. The van der Waals surface area contributed by atoms with Gasteiger partial charge in [-0.15, -0.1) is 0 Å². The van der Waals surface area contributed by atoms with E-state index in [9.17, 15) is 35.1 Å². The lowest BCUT2D eigenvalue weighted by molar-refractivity contribution is -0.159. The summed E-state index contributed by atoms with van der Waals surface area (Å²) in [5, 5.41) is 60.2. The molecule has 0 bridgehead atoms. The average Bonchev–Trinajstić information content (AvgIpc) is 2.93. The minimum absolute atomic E-state index is 0.0815. The molecule has 0 heterocycles. The second kappa shape index (κ2) is 19.4. The summed E-state index contributed by atoms with van der Waals surface area (Å²) in [7, 11) is 0. The number of rotatable bonds is 15. The number of hydrogen-bond acceptors (Lipinski definition) is 8. The number of esters is 1.